The van der Waals surface area contributed by atoms with Crippen molar-refractivity contribution in [2.24, 2.45) is 0 Å². The largest absolute Gasteiger partial charge is 0.373 e. The first-order valence-corrected chi connectivity index (χ1v) is 5.40. The molecule has 5 heteroatoms. The summed E-state index contributed by atoms with van der Waals surface area (Å²) in [6.07, 6.45) is 1.76. The maximum Gasteiger partial charge on any atom is 0.234 e. The second-order valence-electron chi connectivity index (χ2n) is 3.82. The second kappa shape index (κ2) is 4.94. The standard InChI is InChI=1S/C11H16N4O/c1-12-11-9(3-2-4-14-11)7-15-6-5-13-10(16)8-15/h2-4H,5-8H2,1H3,(H,12,14)(H,13,16). The van der Waals surface area contributed by atoms with Crippen LogP contribution in [0.25, 0.3) is 0 Å². The Hall–Kier alpha value is -1.62. The number of piperazine rings is 1. The molecule has 1 saturated heterocycles. The van der Waals surface area contributed by atoms with E-state index in [0.717, 1.165) is 31.0 Å². The first kappa shape index (κ1) is 10.9. The molecule has 2 rings (SSSR count). The smallest absolute Gasteiger partial charge is 0.234 e. The number of hydrogen-bond acceptors (Lipinski definition) is 4. The summed E-state index contributed by atoms with van der Waals surface area (Å²) in [6.45, 7) is 2.85. The van der Waals surface area contributed by atoms with E-state index in [1.165, 1.54) is 0 Å². The Kier molecular flexibility index (Phi) is 3.36. The Morgan fingerprint density at radius 2 is 2.50 bits per heavy atom. The molecule has 86 valence electrons. The Labute approximate surface area is 94.9 Å². The fourth-order valence-electron chi connectivity index (χ4n) is 1.86. The number of anilines is 1. The maximum absolute atomic E-state index is 11.2. The zero-order valence-corrected chi connectivity index (χ0v) is 9.36. The molecule has 2 heterocycles. The molecule has 0 unspecified atom stereocenters. The van der Waals surface area contributed by atoms with Gasteiger partial charge in [0.2, 0.25) is 5.91 Å². The van der Waals surface area contributed by atoms with Crippen LogP contribution < -0.4 is 10.6 Å². The zero-order valence-electron chi connectivity index (χ0n) is 9.36. The molecule has 1 amide bonds. The van der Waals surface area contributed by atoms with Gasteiger partial charge in [0.1, 0.15) is 5.82 Å². The Morgan fingerprint density at radius 3 is 3.25 bits per heavy atom. The average Bonchev–Trinajstić information content (AvgIpc) is 2.30. The molecule has 1 aliphatic heterocycles. The number of hydrogen-bond donors (Lipinski definition) is 2. The lowest BCUT2D eigenvalue weighted by Crippen LogP contribution is -2.47. The normalized spacial score (nSPS) is 16.9. The number of nitrogens with one attached hydrogen (secondary N) is 2. The molecule has 0 aromatic carbocycles. The Morgan fingerprint density at radius 1 is 1.62 bits per heavy atom. The van der Waals surface area contributed by atoms with E-state index in [9.17, 15) is 4.79 Å². The summed E-state index contributed by atoms with van der Waals surface area (Å²) in [5, 5.41) is 5.87. The van der Waals surface area contributed by atoms with Gasteiger partial charge in [0.05, 0.1) is 6.54 Å². The molecule has 1 fully saturated rings. The first-order valence-electron chi connectivity index (χ1n) is 5.40. The predicted octanol–water partition coefficient (Wildman–Crippen LogP) is 0.0551. The predicted molar refractivity (Wildman–Crippen MR) is 62.1 cm³/mol. The summed E-state index contributed by atoms with van der Waals surface area (Å²) in [5.74, 6) is 0.981. The summed E-state index contributed by atoms with van der Waals surface area (Å²) in [7, 11) is 1.86. The van der Waals surface area contributed by atoms with Crippen molar-refractivity contribution >= 4 is 11.7 Å². The molecule has 0 radical (unpaired) electrons. The van der Waals surface area contributed by atoms with Crippen LogP contribution in [-0.4, -0.2) is 42.5 Å². The zero-order chi connectivity index (χ0) is 11.4. The summed E-state index contributed by atoms with van der Waals surface area (Å²) in [6, 6.07) is 3.95. The van der Waals surface area contributed by atoms with E-state index < -0.39 is 0 Å². The molecule has 0 bridgehead atoms. The van der Waals surface area contributed by atoms with E-state index in [1.807, 2.05) is 19.2 Å². The number of carbonyl (C=O) groups is 1. The number of pyridine rings is 1. The number of nitrogens with zero attached hydrogens (tertiary/aromatic N) is 2. The van der Waals surface area contributed by atoms with Gasteiger partial charge in [-0.15, -0.1) is 0 Å². The topological polar surface area (TPSA) is 57.3 Å². The minimum atomic E-state index is 0.0983. The first-order chi connectivity index (χ1) is 7.79. The molecule has 5 nitrogen and oxygen atoms in total. The molecule has 0 saturated carbocycles. The van der Waals surface area contributed by atoms with E-state index in [1.54, 1.807) is 6.20 Å². The minimum Gasteiger partial charge on any atom is -0.373 e. The summed E-state index contributed by atoms with van der Waals surface area (Å²) in [5.41, 5.74) is 1.12. The van der Waals surface area contributed by atoms with Gasteiger partial charge >= 0.3 is 0 Å². The van der Waals surface area contributed by atoms with Crippen molar-refractivity contribution in [2.45, 2.75) is 6.54 Å². The van der Waals surface area contributed by atoms with Crippen molar-refractivity contribution in [1.29, 1.82) is 0 Å². The van der Waals surface area contributed by atoms with Gasteiger partial charge in [-0.2, -0.15) is 0 Å². The third-order valence-corrected chi connectivity index (χ3v) is 2.64. The molecule has 1 aromatic heterocycles. The van der Waals surface area contributed by atoms with E-state index in [-0.39, 0.29) is 5.91 Å². The Bertz CT molecular complexity index is 380. The summed E-state index contributed by atoms with van der Waals surface area (Å²) >= 11 is 0. The highest BCUT2D eigenvalue weighted by Crippen LogP contribution is 2.13. The third kappa shape index (κ3) is 2.49. The van der Waals surface area contributed by atoms with Crippen molar-refractivity contribution in [3.8, 4) is 0 Å². The van der Waals surface area contributed by atoms with Crippen molar-refractivity contribution in [1.82, 2.24) is 15.2 Å². The molecule has 0 aliphatic carbocycles. The number of carbonyl (C=O) groups excluding carboxylic acids is 1. The van der Waals surface area contributed by atoms with Crippen LogP contribution in [0.1, 0.15) is 5.56 Å². The molecule has 2 N–H and O–H groups in total. The Balaban J connectivity index is 2.05. The number of amides is 1. The lowest BCUT2D eigenvalue weighted by molar-refractivity contribution is -0.124. The highest BCUT2D eigenvalue weighted by atomic mass is 16.2. The van der Waals surface area contributed by atoms with Crippen molar-refractivity contribution in [3.63, 3.8) is 0 Å². The molecule has 1 aliphatic rings. The van der Waals surface area contributed by atoms with Gasteiger partial charge in [0, 0.05) is 38.4 Å². The van der Waals surface area contributed by atoms with Gasteiger partial charge in [-0.05, 0) is 6.07 Å². The second-order valence-corrected chi connectivity index (χ2v) is 3.82. The van der Waals surface area contributed by atoms with Gasteiger partial charge in [-0.3, -0.25) is 9.69 Å². The van der Waals surface area contributed by atoms with Crippen molar-refractivity contribution < 1.29 is 4.79 Å². The maximum atomic E-state index is 11.2. The van der Waals surface area contributed by atoms with Gasteiger partial charge < -0.3 is 10.6 Å². The van der Waals surface area contributed by atoms with Gasteiger partial charge in [0.15, 0.2) is 0 Å². The molecule has 0 atom stereocenters. The lowest BCUT2D eigenvalue weighted by atomic mass is 10.2. The van der Waals surface area contributed by atoms with Crippen LogP contribution in [0.3, 0.4) is 0 Å². The van der Waals surface area contributed by atoms with Crippen LogP contribution in [0, 0.1) is 0 Å². The van der Waals surface area contributed by atoms with Crippen LogP contribution in [0.4, 0.5) is 5.82 Å². The fourth-order valence-corrected chi connectivity index (χ4v) is 1.86. The van der Waals surface area contributed by atoms with Gasteiger partial charge in [0.25, 0.3) is 0 Å². The van der Waals surface area contributed by atoms with Crippen molar-refractivity contribution in [2.75, 3.05) is 32.0 Å². The fraction of sp³-hybridized carbons (Fsp3) is 0.455. The van der Waals surface area contributed by atoms with E-state index in [2.05, 4.69) is 20.5 Å². The quantitative estimate of drug-likeness (QED) is 0.756. The highest BCUT2D eigenvalue weighted by molar-refractivity contribution is 5.78. The van der Waals surface area contributed by atoms with Gasteiger partial charge in [-0.1, -0.05) is 6.07 Å². The number of aromatic nitrogens is 1. The molecule has 0 spiro atoms. The molecular formula is C11H16N4O. The summed E-state index contributed by atoms with van der Waals surface area (Å²) < 4.78 is 0. The van der Waals surface area contributed by atoms with Gasteiger partial charge in [-0.25, -0.2) is 4.98 Å². The molecule has 16 heavy (non-hydrogen) atoms. The monoisotopic (exact) mass is 220 g/mol. The van der Waals surface area contributed by atoms with E-state index in [4.69, 9.17) is 0 Å². The van der Waals surface area contributed by atoms with Crippen LogP contribution in [0.2, 0.25) is 0 Å². The SMILES string of the molecule is CNc1ncccc1CN1CCNC(=O)C1. The van der Waals surface area contributed by atoms with E-state index >= 15 is 0 Å². The van der Waals surface area contributed by atoms with Crippen LogP contribution in [-0.2, 0) is 11.3 Å². The molecular weight excluding hydrogens is 204 g/mol. The lowest BCUT2D eigenvalue weighted by Gasteiger charge is -2.26. The van der Waals surface area contributed by atoms with E-state index in [0.29, 0.717) is 6.54 Å². The summed E-state index contributed by atoms with van der Waals surface area (Å²) in [4.78, 5) is 17.6. The van der Waals surface area contributed by atoms with Crippen LogP contribution in [0.5, 0.6) is 0 Å². The van der Waals surface area contributed by atoms with Crippen LogP contribution >= 0.6 is 0 Å². The third-order valence-electron chi connectivity index (χ3n) is 2.64. The molecule has 1 aromatic rings. The van der Waals surface area contributed by atoms with Crippen molar-refractivity contribution in [3.05, 3.63) is 23.9 Å². The average molecular weight is 220 g/mol. The van der Waals surface area contributed by atoms with Crippen LogP contribution in [0.15, 0.2) is 18.3 Å². The highest BCUT2D eigenvalue weighted by Gasteiger charge is 2.17. The number of rotatable bonds is 3. The minimum absolute atomic E-state index is 0.0983.